The molecule has 1 heterocycles. The van der Waals surface area contributed by atoms with E-state index in [-0.39, 0.29) is 5.92 Å². The Morgan fingerprint density at radius 1 is 1.41 bits per heavy atom. The van der Waals surface area contributed by atoms with Crippen molar-refractivity contribution in [1.29, 1.82) is 0 Å². The summed E-state index contributed by atoms with van der Waals surface area (Å²) in [4.78, 5) is 25.0. The normalized spacial score (nSPS) is 16.3. The molecule has 1 aromatic carbocycles. The van der Waals surface area contributed by atoms with Crippen LogP contribution in [-0.4, -0.2) is 24.8 Å². The summed E-state index contributed by atoms with van der Waals surface area (Å²) < 4.78 is 0. The summed E-state index contributed by atoms with van der Waals surface area (Å²) in [6, 6.07) is 4.96. The van der Waals surface area contributed by atoms with Crippen LogP contribution in [0.15, 0.2) is 18.2 Å². The molecule has 1 unspecified atom stereocenters. The minimum Gasteiger partial charge on any atom is -0.330 e. The highest BCUT2D eigenvalue weighted by molar-refractivity contribution is 6.54. The third-order valence-electron chi connectivity index (χ3n) is 2.84. The molecule has 4 nitrogen and oxygen atoms in total. The van der Waals surface area contributed by atoms with Crippen molar-refractivity contribution in [2.45, 2.75) is 6.92 Å². The van der Waals surface area contributed by atoms with Crippen LogP contribution in [0.4, 0.5) is 5.69 Å². The summed E-state index contributed by atoms with van der Waals surface area (Å²) in [6.45, 7) is 2.79. The monoisotopic (exact) mass is 252 g/mol. The van der Waals surface area contributed by atoms with Gasteiger partial charge in [0.2, 0.25) is 0 Å². The zero-order valence-corrected chi connectivity index (χ0v) is 10.2. The van der Waals surface area contributed by atoms with Crippen LogP contribution in [0, 0.1) is 5.92 Å². The molecule has 90 valence electrons. The summed E-state index contributed by atoms with van der Waals surface area (Å²) in [5, 5.41) is 0.422. The fourth-order valence-corrected chi connectivity index (χ4v) is 2.15. The Labute approximate surface area is 104 Å². The Kier molecular flexibility index (Phi) is 3.17. The maximum atomic E-state index is 11.8. The number of para-hydroxylation sites is 1. The number of hydrogen-bond acceptors (Lipinski definition) is 3. The standard InChI is InChI=1S/C12H13ClN2O2/c1-7(5-14)6-15-10-8(11(16)12(15)17)3-2-4-9(10)13/h2-4,7H,5-6,14H2,1H3. The maximum absolute atomic E-state index is 11.8. The molecular weight excluding hydrogens is 240 g/mol. The quantitative estimate of drug-likeness (QED) is 0.829. The number of carbonyl (C=O) groups is 2. The molecule has 2 rings (SSSR count). The number of fused-ring (bicyclic) bond motifs is 1. The van der Waals surface area contributed by atoms with Crippen molar-refractivity contribution < 1.29 is 9.59 Å². The fraction of sp³-hybridized carbons (Fsp3) is 0.333. The number of benzene rings is 1. The van der Waals surface area contributed by atoms with Gasteiger partial charge in [-0.1, -0.05) is 24.6 Å². The van der Waals surface area contributed by atoms with E-state index in [4.69, 9.17) is 17.3 Å². The molecule has 0 aliphatic carbocycles. The van der Waals surface area contributed by atoms with Crippen molar-refractivity contribution in [3.05, 3.63) is 28.8 Å². The molecule has 1 aromatic rings. The fourth-order valence-electron chi connectivity index (χ4n) is 1.87. The number of hydrogen-bond donors (Lipinski definition) is 1. The predicted molar refractivity (Wildman–Crippen MR) is 66.4 cm³/mol. The average molecular weight is 253 g/mol. The van der Waals surface area contributed by atoms with Gasteiger partial charge in [0, 0.05) is 6.54 Å². The van der Waals surface area contributed by atoms with Gasteiger partial charge in [0.1, 0.15) is 0 Å². The van der Waals surface area contributed by atoms with Crippen LogP contribution in [0.25, 0.3) is 0 Å². The number of Topliss-reactive ketones (excluding diaryl/α,β-unsaturated/α-hetero) is 1. The Balaban J connectivity index is 2.43. The number of carbonyl (C=O) groups excluding carboxylic acids is 2. The topological polar surface area (TPSA) is 63.4 Å². The summed E-state index contributed by atoms with van der Waals surface area (Å²) >= 11 is 6.04. The molecule has 0 spiro atoms. The second kappa shape index (κ2) is 4.47. The molecule has 0 saturated carbocycles. The van der Waals surface area contributed by atoms with Gasteiger partial charge in [-0.2, -0.15) is 0 Å². The van der Waals surface area contributed by atoms with E-state index >= 15 is 0 Å². The zero-order valence-electron chi connectivity index (χ0n) is 9.44. The lowest BCUT2D eigenvalue weighted by Gasteiger charge is -2.20. The van der Waals surface area contributed by atoms with Gasteiger partial charge in [0.15, 0.2) is 0 Å². The van der Waals surface area contributed by atoms with Crippen LogP contribution < -0.4 is 10.6 Å². The number of amides is 1. The van der Waals surface area contributed by atoms with Gasteiger partial charge < -0.3 is 10.6 Å². The smallest absolute Gasteiger partial charge is 0.299 e. The third-order valence-corrected chi connectivity index (χ3v) is 3.14. The molecule has 5 heteroatoms. The first-order chi connectivity index (χ1) is 8.06. The highest BCUT2D eigenvalue weighted by Gasteiger charge is 2.37. The van der Waals surface area contributed by atoms with Crippen LogP contribution in [0.2, 0.25) is 5.02 Å². The minimum absolute atomic E-state index is 0.119. The van der Waals surface area contributed by atoms with E-state index in [0.29, 0.717) is 29.4 Å². The van der Waals surface area contributed by atoms with Crippen molar-refractivity contribution in [3.8, 4) is 0 Å². The number of nitrogens with two attached hydrogens (primary N) is 1. The van der Waals surface area contributed by atoms with E-state index < -0.39 is 11.7 Å². The maximum Gasteiger partial charge on any atom is 0.299 e. The number of ketones is 1. The average Bonchev–Trinajstić information content (AvgIpc) is 2.56. The van der Waals surface area contributed by atoms with Crippen molar-refractivity contribution in [3.63, 3.8) is 0 Å². The first-order valence-electron chi connectivity index (χ1n) is 5.41. The summed E-state index contributed by atoms with van der Waals surface area (Å²) in [5.74, 6) is -0.894. The number of anilines is 1. The van der Waals surface area contributed by atoms with Crippen molar-refractivity contribution in [2.75, 3.05) is 18.0 Å². The van der Waals surface area contributed by atoms with Gasteiger partial charge in [-0.3, -0.25) is 9.59 Å². The molecule has 0 bridgehead atoms. The Bertz CT molecular complexity index is 487. The Morgan fingerprint density at radius 2 is 2.12 bits per heavy atom. The highest BCUT2D eigenvalue weighted by Crippen LogP contribution is 2.35. The van der Waals surface area contributed by atoms with Crippen LogP contribution in [0.3, 0.4) is 0 Å². The Hall–Kier alpha value is -1.39. The van der Waals surface area contributed by atoms with E-state index in [2.05, 4.69) is 0 Å². The van der Waals surface area contributed by atoms with E-state index in [9.17, 15) is 9.59 Å². The number of halogens is 1. The molecule has 0 fully saturated rings. The SMILES string of the molecule is CC(CN)CN1C(=O)C(=O)c2cccc(Cl)c21. The van der Waals surface area contributed by atoms with Crippen LogP contribution in [0.5, 0.6) is 0 Å². The van der Waals surface area contributed by atoms with Crippen LogP contribution in [0.1, 0.15) is 17.3 Å². The van der Waals surface area contributed by atoms with Crippen LogP contribution in [-0.2, 0) is 4.79 Å². The van der Waals surface area contributed by atoms with Crippen molar-refractivity contribution >= 4 is 29.0 Å². The van der Waals surface area contributed by atoms with E-state index in [1.165, 1.54) is 4.90 Å². The zero-order chi connectivity index (χ0) is 12.6. The highest BCUT2D eigenvalue weighted by atomic mass is 35.5. The first-order valence-corrected chi connectivity index (χ1v) is 5.78. The molecule has 1 aliphatic rings. The lowest BCUT2D eigenvalue weighted by Crippen LogP contribution is -2.35. The molecule has 0 saturated heterocycles. The molecule has 2 N–H and O–H groups in total. The molecule has 1 aliphatic heterocycles. The van der Waals surface area contributed by atoms with Crippen molar-refractivity contribution in [2.24, 2.45) is 11.7 Å². The van der Waals surface area contributed by atoms with E-state index in [1.54, 1.807) is 18.2 Å². The first kappa shape index (κ1) is 12.1. The molecule has 17 heavy (non-hydrogen) atoms. The largest absolute Gasteiger partial charge is 0.330 e. The van der Waals surface area contributed by atoms with Gasteiger partial charge in [-0.15, -0.1) is 0 Å². The summed E-state index contributed by atoms with van der Waals surface area (Å²) in [6.07, 6.45) is 0. The van der Waals surface area contributed by atoms with Gasteiger partial charge in [0.25, 0.3) is 11.7 Å². The third kappa shape index (κ3) is 1.94. The molecule has 1 atom stereocenters. The van der Waals surface area contributed by atoms with Crippen LogP contribution >= 0.6 is 11.6 Å². The lowest BCUT2D eigenvalue weighted by atomic mass is 10.1. The molecular formula is C12H13ClN2O2. The van der Waals surface area contributed by atoms with Gasteiger partial charge in [-0.05, 0) is 24.6 Å². The summed E-state index contributed by atoms with van der Waals surface area (Å²) in [7, 11) is 0. The van der Waals surface area contributed by atoms with Gasteiger partial charge in [0.05, 0.1) is 16.3 Å². The Morgan fingerprint density at radius 3 is 2.76 bits per heavy atom. The van der Waals surface area contributed by atoms with Gasteiger partial charge >= 0.3 is 0 Å². The lowest BCUT2D eigenvalue weighted by molar-refractivity contribution is -0.114. The van der Waals surface area contributed by atoms with Crippen molar-refractivity contribution in [1.82, 2.24) is 0 Å². The van der Waals surface area contributed by atoms with E-state index in [1.807, 2.05) is 6.92 Å². The molecule has 0 aromatic heterocycles. The van der Waals surface area contributed by atoms with Gasteiger partial charge in [-0.25, -0.2) is 0 Å². The molecule has 0 radical (unpaired) electrons. The minimum atomic E-state index is -0.520. The number of nitrogens with zero attached hydrogens (tertiary/aromatic N) is 1. The summed E-state index contributed by atoms with van der Waals surface area (Å²) in [5.41, 5.74) is 6.43. The number of rotatable bonds is 3. The predicted octanol–water partition coefficient (Wildman–Crippen LogP) is 1.46. The molecule has 1 amide bonds. The van der Waals surface area contributed by atoms with E-state index in [0.717, 1.165) is 0 Å². The second-order valence-corrected chi connectivity index (χ2v) is 4.63. The second-order valence-electron chi connectivity index (χ2n) is 4.22.